The highest BCUT2D eigenvalue weighted by molar-refractivity contribution is 5.41. The van der Waals surface area contributed by atoms with E-state index in [2.05, 4.69) is 20.8 Å². The van der Waals surface area contributed by atoms with Crippen molar-refractivity contribution in [3.05, 3.63) is 29.8 Å². The van der Waals surface area contributed by atoms with Crippen molar-refractivity contribution in [2.75, 3.05) is 5.73 Å². The summed E-state index contributed by atoms with van der Waals surface area (Å²) in [6, 6.07) is 7.81. The van der Waals surface area contributed by atoms with Crippen molar-refractivity contribution < 1.29 is 0 Å². The third kappa shape index (κ3) is 2.46. The van der Waals surface area contributed by atoms with Crippen LogP contribution in [0.3, 0.4) is 0 Å². The van der Waals surface area contributed by atoms with Gasteiger partial charge < -0.3 is 11.5 Å². The predicted molar refractivity (Wildman–Crippen MR) is 57.2 cm³/mol. The summed E-state index contributed by atoms with van der Waals surface area (Å²) in [6.07, 6.45) is 0. The van der Waals surface area contributed by atoms with Gasteiger partial charge in [0.05, 0.1) is 0 Å². The Morgan fingerprint density at radius 1 is 1.23 bits per heavy atom. The molecule has 2 heteroatoms. The van der Waals surface area contributed by atoms with Crippen molar-refractivity contribution in [1.82, 2.24) is 0 Å². The van der Waals surface area contributed by atoms with Crippen LogP contribution in [-0.4, -0.2) is 0 Å². The first-order valence-corrected chi connectivity index (χ1v) is 4.52. The first-order valence-electron chi connectivity index (χ1n) is 4.52. The highest BCUT2D eigenvalue weighted by Gasteiger charge is 2.21. The topological polar surface area (TPSA) is 52.0 Å². The maximum absolute atomic E-state index is 6.09. The van der Waals surface area contributed by atoms with Crippen LogP contribution in [0.25, 0.3) is 0 Å². The van der Waals surface area contributed by atoms with Gasteiger partial charge in [-0.1, -0.05) is 32.9 Å². The van der Waals surface area contributed by atoms with Crippen LogP contribution in [0, 0.1) is 5.41 Å². The van der Waals surface area contributed by atoms with Crippen LogP contribution in [0.15, 0.2) is 24.3 Å². The summed E-state index contributed by atoms with van der Waals surface area (Å²) in [5, 5.41) is 0. The molecule has 0 saturated carbocycles. The number of hydrogen-bond acceptors (Lipinski definition) is 2. The molecule has 72 valence electrons. The largest absolute Gasteiger partial charge is 0.399 e. The minimum absolute atomic E-state index is 0.0380. The molecular weight excluding hydrogens is 160 g/mol. The summed E-state index contributed by atoms with van der Waals surface area (Å²) in [4.78, 5) is 0. The number of nitrogen functional groups attached to an aromatic ring is 1. The molecule has 0 aliphatic rings. The summed E-state index contributed by atoms with van der Waals surface area (Å²) in [7, 11) is 0. The molecule has 0 bridgehead atoms. The van der Waals surface area contributed by atoms with Crippen LogP contribution in [0.5, 0.6) is 0 Å². The van der Waals surface area contributed by atoms with Gasteiger partial charge in [0.25, 0.3) is 0 Å². The Bertz CT molecular complexity index is 286. The molecule has 0 heterocycles. The second-order valence-electron chi connectivity index (χ2n) is 4.51. The minimum Gasteiger partial charge on any atom is -0.399 e. The lowest BCUT2D eigenvalue weighted by molar-refractivity contribution is 0.327. The van der Waals surface area contributed by atoms with Crippen LogP contribution < -0.4 is 11.5 Å². The molecule has 1 unspecified atom stereocenters. The Balaban J connectivity index is 2.96. The van der Waals surface area contributed by atoms with E-state index in [1.54, 1.807) is 0 Å². The predicted octanol–water partition coefficient (Wildman–Crippen LogP) is 2.31. The zero-order valence-electron chi connectivity index (χ0n) is 8.54. The molecule has 1 atom stereocenters. The molecule has 13 heavy (non-hydrogen) atoms. The quantitative estimate of drug-likeness (QED) is 0.648. The maximum Gasteiger partial charge on any atom is 0.0344 e. The first kappa shape index (κ1) is 10.1. The highest BCUT2D eigenvalue weighted by atomic mass is 14.7. The summed E-state index contributed by atoms with van der Waals surface area (Å²) < 4.78 is 0. The van der Waals surface area contributed by atoms with Crippen LogP contribution in [0.2, 0.25) is 0 Å². The van der Waals surface area contributed by atoms with Crippen molar-refractivity contribution in [1.29, 1.82) is 0 Å². The molecule has 1 aromatic carbocycles. The van der Waals surface area contributed by atoms with Crippen molar-refractivity contribution >= 4 is 5.69 Å². The SMILES string of the molecule is CC(C)(C)C(N)c1cccc(N)c1. The van der Waals surface area contributed by atoms with Gasteiger partial charge in [0.15, 0.2) is 0 Å². The van der Waals surface area contributed by atoms with E-state index in [0.29, 0.717) is 0 Å². The Hall–Kier alpha value is -1.02. The molecular formula is C11H18N2. The molecule has 1 rings (SSSR count). The molecule has 0 fully saturated rings. The Labute approximate surface area is 79.9 Å². The van der Waals surface area contributed by atoms with Crippen molar-refractivity contribution in [2.24, 2.45) is 11.1 Å². The van der Waals surface area contributed by atoms with E-state index in [9.17, 15) is 0 Å². The normalized spacial score (nSPS) is 14.2. The second-order valence-corrected chi connectivity index (χ2v) is 4.51. The van der Waals surface area contributed by atoms with E-state index in [0.717, 1.165) is 11.3 Å². The Morgan fingerprint density at radius 2 is 1.85 bits per heavy atom. The standard InChI is InChI=1S/C11H18N2/c1-11(2,3)10(13)8-5-4-6-9(12)7-8/h4-7,10H,12-13H2,1-3H3. The fourth-order valence-corrected chi connectivity index (χ4v) is 1.25. The van der Waals surface area contributed by atoms with E-state index in [4.69, 9.17) is 11.5 Å². The number of hydrogen-bond donors (Lipinski definition) is 2. The van der Waals surface area contributed by atoms with Crippen LogP contribution in [0.1, 0.15) is 32.4 Å². The average molecular weight is 178 g/mol. The lowest BCUT2D eigenvalue weighted by Crippen LogP contribution is -2.26. The monoisotopic (exact) mass is 178 g/mol. The average Bonchev–Trinajstić information content (AvgIpc) is 2.01. The molecule has 0 aromatic heterocycles. The summed E-state index contributed by atoms with van der Waals surface area (Å²) in [5.41, 5.74) is 13.7. The third-order valence-electron chi connectivity index (χ3n) is 2.20. The minimum atomic E-state index is 0.0380. The molecule has 0 amide bonds. The van der Waals surface area contributed by atoms with Gasteiger partial charge in [0.1, 0.15) is 0 Å². The lowest BCUT2D eigenvalue weighted by Gasteiger charge is -2.27. The van der Waals surface area contributed by atoms with Crippen molar-refractivity contribution in [3.63, 3.8) is 0 Å². The van der Waals surface area contributed by atoms with Crippen LogP contribution in [-0.2, 0) is 0 Å². The smallest absolute Gasteiger partial charge is 0.0344 e. The molecule has 0 spiro atoms. The summed E-state index contributed by atoms with van der Waals surface area (Å²) >= 11 is 0. The molecule has 2 nitrogen and oxygen atoms in total. The molecule has 0 aliphatic carbocycles. The maximum atomic E-state index is 6.09. The van der Waals surface area contributed by atoms with Gasteiger partial charge in [-0.2, -0.15) is 0 Å². The van der Waals surface area contributed by atoms with E-state index < -0.39 is 0 Å². The second kappa shape index (κ2) is 3.38. The fraction of sp³-hybridized carbons (Fsp3) is 0.455. The van der Waals surface area contributed by atoms with Gasteiger partial charge in [0, 0.05) is 11.7 Å². The van der Waals surface area contributed by atoms with Gasteiger partial charge in [-0.3, -0.25) is 0 Å². The summed E-state index contributed by atoms with van der Waals surface area (Å²) in [6.45, 7) is 6.38. The fourth-order valence-electron chi connectivity index (χ4n) is 1.25. The molecule has 1 aromatic rings. The van der Waals surface area contributed by atoms with Gasteiger partial charge in [-0.05, 0) is 23.1 Å². The zero-order valence-corrected chi connectivity index (χ0v) is 8.54. The van der Waals surface area contributed by atoms with Crippen molar-refractivity contribution in [3.8, 4) is 0 Å². The van der Waals surface area contributed by atoms with Gasteiger partial charge >= 0.3 is 0 Å². The first-order chi connectivity index (χ1) is 5.91. The number of benzene rings is 1. The number of anilines is 1. The molecule has 0 saturated heterocycles. The highest BCUT2D eigenvalue weighted by Crippen LogP contribution is 2.30. The number of nitrogens with two attached hydrogens (primary N) is 2. The third-order valence-corrected chi connectivity index (χ3v) is 2.20. The lowest BCUT2D eigenvalue weighted by atomic mass is 9.83. The molecule has 4 N–H and O–H groups in total. The summed E-state index contributed by atoms with van der Waals surface area (Å²) in [5.74, 6) is 0. The molecule has 0 aliphatic heterocycles. The van der Waals surface area contributed by atoms with Gasteiger partial charge in [-0.25, -0.2) is 0 Å². The van der Waals surface area contributed by atoms with Crippen LogP contribution in [0.4, 0.5) is 5.69 Å². The van der Waals surface area contributed by atoms with Crippen LogP contribution >= 0.6 is 0 Å². The van der Waals surface area contributed by atoms with Crippen molar-refractivity contribution in [2.45, 2.75) is 26.8 Å². The molecule has 0 radical (unpaired) electrons. The number of rotatable bonds is 1. The van der Waals surface area contributed by atoms with E-state index in [1.165, 1.54) is 0 Å². The van der Waals surface area contributed by atoms with Gasteiger partial charge in [0.2, 0.25) is 0 Å². The van der Waals surface area contributed by atoms with E-state index in [1.807, 2.05) is 24.3 Å². The zero-order chi connectivity index (χ0) is 10.1. The Kier molecular flexibility index (Phi) is 2.62. The van der Waals surface area contributed by atoms with Gasteiger partial charge in [-0.15, -0.1) is 0 Å². The Morgan fingerprint density at radius 3 is 2.31 bits per heavy atom. The van der Waals surface area contributed by atoms with E-state index >= 15 is 0 Å². The van der Waals surface area contributed by atoms with E-state index in [-0.39, 0.29) is 11.5 Å².